The van der Waals surface area contributed by atoms with E-state index in [2.05, 4.69) is 19.9 Å². The third kappa shape index (κ3) is 1.72. The molecule has 0 aromatic carbocycles. The van der Waals surface area contributed by atoms with Crippen LogP contribution < -0.4 is 0 Å². The zero-order valence-corrected chi connectivity index (χ0v) is 13.1. The second kappa shape index (κ2) is 4.32. The highest BCUT2D eigenvalue weighted by molar-refractivity contribution is 6.01. The SMILES string of the molecule is C[C@@]12CC[C@@H]3[C@H](CCC4=CC(=O)C=C[C@]43C)[C@H]1CC[C@H]2O. The first-order valence-electron chi connectivity index (χ1n) is 8.57. The fourth-order valence-electron chi connectivity index (χ4n) is 6.17. The minimum absolute atomic E-state index is 0.0890. The minimum Gasteiger partial charge on any atom is -0.393 e. The van der Waals surface area contributed by atoms with Gasteiger partial charge >= 0.3 is 0 Å². The van der Waals surface area contributed by atoms with Crippen molar-refractivity contribution in [3.63, 3.8) is 0 Å². The molecule has 114 valence electrons. The molecule has 0 aromatic rings. The van der Waals surface area contributed by atoms with Crippen molar-refractivity contribution >= 4 is 5.78 Å². The highest BCUT2D eigenvalue weighted by Crippen LogP contribution is 2.64. The van der Waals surface area contributed by atoms with Crippen molar-refractivity contribution in [3.05, 3.63) is 23.8 Å². The molecular weight excluding hydrogens is 260 g/mol. The maximum atomic E-state index is 11.7. The Morgan fingerprint density at radius 3 is 2.76 bits per heavy atom. The van der Waals surface area contributed by atoms with Gasteiger partial charge < -0.3 is 5.11 Å². The standard InChI is InChI=1S/C19H26O2/c1-18-9-7-13(20)11-12(18)3-4-14-15-5-6-17(21)19(15,2)10-8-16(14)18/h7,9,11,14-17,21H,3-6,8,10H2,1-2H3/t14-,15-,16-,17-,18-,19-/m1/s1. The first kappa shape index (κ1) is 13.8. The molecule has 1 N–H and O–H groups in total. The Bertz CT molecular complexity index is 546. The van der Waals surface area contributed by atoms with Crippen molar-refractivity contribution in [2.24, 2.45) is 28.6 Å². The van der Waals surface area contributed by atoms with E-state index in [-0.39, 0.29) is 22.7 Å². The molecule has 3 saturated carbocycles. The number of hydrogen-bond acceptors (Lipinski definition) is 2. The van der Waals surface area contributed by atoms with E-state index in [1.54, 1.807) is 6.08 Å². The summed E-state index contributed by atoms with van der Waals surface area (Å²) in [5.74, 6) is 2.22. The Morgan fingerprint density at radius 1 is 1.14 bits per heavy atom. The minimum atomic E-state index is -0.100. The van der Waals surface area contributed by atoms with Gasteiger partial charge in [-0.15, -0.1) is 0 Å². The average Bonchev–Trinajstić information content (AvgIpc) is 2.76. The molecule has 0 unspecified atom stereocenters. The zero-order valence-electron chi connectivity index (χ0n) is 13.1. The number of ketones is 1. The molecule has 3 fully saturated rings. The normalized spacial score (nSPS) is 52.0. The number of aliphatic hydroxyl groups excluding tert-OH is 1. The lowest BCUT2D eigenvalue weighted by molar-refractivity contribution is -0.111. The highest BCUT2D eigenvalue weighted by Gasteiger charge is 2.58. The van der Waals surface area contributed by atoms with Gasteiger partial charge in [-0.2, -0.15) is 0 Å². The number of carbonyl (C=O) groups excluding carboxylic acids is 1. The molecule has 0 aliphatic heterocycles. The van der Waals surface area contributed by atoms with Crippen LogP contribution in [-0.2, 0) is 4.79 Å². The molecule has 6 atom stereocenters. The van der Waals surface area contributed by atoms with Crippen molar-refractivity contribution in [3.8, 4) is 0 Å². The first-order valence-corrected chi connectivity index (χ1v) is 8.57. The van der Waals surface area contributed by atoms with E-state index >= 15 is 0 Å². The molecule has 4 rings (SSSR count). The van der Waals surface area contributed by atoms with Crippen molar-refractivity contribution < 1.29 is 9.90 Å². The van der Waals surface area contributed by atoms with Gasteiger partial charge in [-0.1, -0.05) is 25.5 Å². The molecule has 0 saturated heterocycles. The van der Waals surface area contributed by atoms with Crippen molar-refractivity contribution in [2.45, 2.75) is 58.5 Å². The fraction of sp³-hybridized carbons (Fsp3) is 0.737. The molecule has 0 heterocycles. The van der Waals surface area contributed by atoms with Gasteiger partial charge in [0.05, 0.1) is 6.10 Å². The number of hydrogen-bond donors (Lipinski definition) is 1. The van der Waals surface area contributed by atoms with E-state index in [4.69, 9.17) is 0 Å². The van der Waals surface area contributed by atoms with Crippen LogP contribution in [0.25, 0.3) is 0 Å². The summed E-state index contributed by atoms with van der Waals surface area (Å²) in [6, 6.07) is 0. The number of rotatable bonds is 0. The second-order valence-corrected chi connectivity index (χ2v) is 8.24. The second-order valence-electron chi connectivity index (χ2n) is 8.24. The molecule has 0 aromatic heterocycles. The summed E-state index contributed by atoms with van der Waals surface area (Å²) in [5, 5.41) is 10.4. The van der Waals surface area contributed by atoms with Crippen LogP contribution in [0.4, 0.5) is 0 Å². The number of allylic oxidation sites excluding steroid dienone is 4. The lowest BCUT2D eigenvalue weighted by atomic mass is 9.48. The van der Waals surface area contributed by atoms with Gasteiger partial charge in [-0.3, -0.25) is 4.79 Å². The van der Waals surface area contributed by atoms with E-state index in [1.165, 1.54) is 24.8 Å². The topological polar surface area (TPSA) is 37.3 Å². The molecule has 4 aliphatic rings. The van der Waals surface area contributed by atoms with Gasteiger partial charge in [0.15, 0.2) is 5.78 Å². The summed E-state index contributed by atoms with van der Waals surface area (Å²) >= 11 is 0. The van der Waals surface area contributed by atoms with E-state index in [0.717, 1.165) is 25.2 Å². The van der Waals surface area contributed by atoms with Crippen LogP contribution in [0.15, 0.2) is 23.8 Å². The van der Waals surface area contributed by atoms with Crippen LogP contribution in [0.2, 0.25) is 0 Å². The quantitative estimate of drug-likeness (QED) is 0.738. The monoisotopic (exact) mass is 286 g/mol. The molecule has 0 bridgehead atoms. The number of fused-ring (bicyclic) bond motifs is 5. The summed E-state index contributed by atoms with van der Waals surface area (Å²) in [6.45, 7) is 4.66. The Morgan fingerprint density at radius 2 is 1.95 bits per heavy atom. The van der Waals surface area contributed by atoms with Crippen LogP contribution in [0.3, 0.4) is 0 Å². The van der Waals surface area contributed by atoms with E-state index < -0.39 is 0 Å². The van der Waals surface area contributed by atoms with Crippen LogP contribution in [0.1, 0.15) is 52.4 Å². The highest BCUT2D eigenvalue weighted by atomic mass is 16.3. The molecule has 4 aliphatic carbocycles. The maximum Gasteiger partial charge on any atom is 0.178 e. The van der Waals surface area contributed by atoms with Crippen molar-refractivity contribution in [2.75, 3.05) is 0 Å². The van der Waals surface area contributed by atoms with Crippen molar-refractivity contribution in [1.29, 1.82) is 0 Å². The average molecular weight is 286 g/mol. The van der Waals surface area contributed by atoms with Crippen LogP contribution >= 0.6 is 0 Å². The molecular formula is C19H26O2. The summed E-state index contributed by atoms with van der Waals surface area (Å²) in [5.41, 5.74) is 1.59. The maximum absolute atomic E-state index is 11.7. The van der Waals surface area contributed by atoms with Gasteiger partial charge in [0.2, 0.25) is 0 Å². The summed E-state index contributed by atoms with van der Waals surface area (Å²) in [6.07, 6.45) is 12.6. The van der Waals surface area contributed by atoms with Gasteiger partial charge in [0.25, 0.3) is 0 Å². The molecule has 0 spiro atoms. The molecule has 21 heavy (non-hydrogen) atoms. The van der Waals surface area contributed by atoms with E-state index in [1.807, 2.05) is 6.08 Å². The third-order valence-corrected chi connectivity index (χ3v) is 7.51. The molecule has 2 nitrogen and oxygen atoms in total. The van der Waals surface area contributed by atoms with Crippen LogP contribution in [0, 0.1) is 28.6 Å². The van der Waals surface area contributed by atoms with E-state index in [0.29, 0.717) is 11.8 Å². The summed E-state index contributed by atoms with van der Waals surface area (Å²) < 4.78 is 0. The predicted molar refractivity (Wildman–Crippen MR) is 82.6 cm³/mol. The summed E-state index contributed by atoms with van der Waals surface area (Å²) in [7, 11) is 0. The summed E-state index contributed by atoms with van der Waals surface area (Å²) in [4.78, 5) is 11.7. The fourth-order valence-corrected chi connectivity index (χ4v) is 6.17. The zero-order chi connectivity index (χ0) is 14.8. The van der Waals surface area contributed by atoms with Gasteiger partial charge in [-0.25, -0.2) is 0 Å². The van der Waals surface area contributed by atoms with Gasteiger partial charge in [0, 0.05) is 5.41 Å². The largest absolute Gasteiger partial charge is 0.393 e. The van der Waals surface area contributed by atoms with Gasteiger partial charge in [-0.05, 0) is 73.8 Å². The molecule has 0 amide bonds. The Hall–Kier alpha value is -0.890. The molecule has 0 radical (unpaired) electrons. The van der Waals surface area contributed by atoms with E-state index in [9.17, 15) is 9.90 Å². The van der Waals surface area contributed by atoms with Crippen LogP contribution in [0.5, 0.6) is 0 Å². The number of carbonyl (C=O) groups is 1. The Labute approximate surface area is 127 Å². The predicted octanol–water partition coefficient (Wildman–Crippen LogP) is 3.66. The molecule has 2 heteroatoms. The lowest BCUT2D eigenvalue weighted by Gasteiger charge is -2.56. The Balaban J connectivity index is 1.70. The Kier molecular flexibility index (Phi) is 2.83. The lowest BCUT2D eigenvalue weighted by Crippen LogP contribution is -2.50. The third-order valence-electron chi connectivity index (χ3n) is 7.51. The number of aliphatic hydroxyl groups is 1. The first-order chi connectivity index (χ1) is 9.95. The van der Waals surface area contributed by atoms with Crippen molar-refractivity contribution in [1.82, 2.24) is 0 Å². The smallest absolute Gasteiger partial charge is 0.178 e. The van der Waals surface area contributed by atoms with Gasteiger partial charge in [0.1, 0.15) is 0 Å². The van der Waals surface area contributed by atoms with Crippen LogP contribution in [-0.4, -0.2) is 17.0 Å².